The molecular formula is C9H13O2P. The third kappa shape index (κ3) is 3.49. The van der Waals surface area contributed by atoms with E-state index in [0.29, 0.717) is 6.42 Å². The van der Waals surface area contributed by atoms with Gasteiger partial charge in [0.25, 0.3) is 0 Å². The summed E-state index contributed by atoms with van der Waals surface area (Å²) in [5, 5.41) is 0. The Morgan fingerprint density at radius 2 is 1.92 bits per heavy atom. The number of carbonyl (C=O) groups is 1. The highest BCUT2D eigenvalue weighted by molar-refractivity contribution is 6.92. The fourth-order valence-electron chi connectivity index (χ4n) is 0.835. The maximum atomic E-state index is 10.8. The van der Waals surface area contributed by atoms with E-state index in [1.807, 2.05) is 30.3 Å². The molecule has 0 N–H and O–H groups in total. The first-order chi connectivity index (χ1) is 5.33. The van der Waals surface area contributed by atoms with Gasteiger partial charge >= 0.3 is 5.97 Å². The van der Waals surface area contributed by atoms with Gasteiger partial charge in [-0.05, 0) is 5.56 Å². The molecule has 0 bridgehead atoms. The molecule has 0 aromatic heterocycles. The van der Waals surface area contributed by atoms with Crippen molar-refractivity contribution in [3.05, 3.63) is 35.9 Å². The molecule has 1 aromatic rings. The van der Waals surface area contributed by atoms with Crippen molar-refractivity contribution in [2.45, 2.75) is 6.42 Å². The van der Waals surface area contributed by atoms with E-state index in [9.17, 15) is 4.79 Å². The van der Waals surface area contributed by atoms with Crippen molar-refractivity contribution in [2.75, 3.05) is 7.11 Å². The lowest BCUT2D eigenvalue weighted by atomic mass is 10.2. The fourth-order valence-corrected chi connectivity index (χ4v) is 0.835. The molecule has 66 valence electrons. The average Bonchev–Trinajstić information content (AvgIpc) is 2.06. The van der Waals surface area contributed by atoms with Crippen LogP contribution in [0.2, 0.25) is 0 Å². The number of rotatable bonds is 2. The Morgan fingerprint density at radius 1 is 1.33 bits per heavy atom. The topological polar surface area (TPSA) is 26.3 Å². The van der Waals surface area contributed by atoms with Crippen molar-refractivity contribution in [1.29, 1.82) is 0 Å². The maximum Gasteiger partial charge on any atom is 0.309 e. The molecular weight excluding hydrogens is 171 g/mol. The lowest BCUT2D eigenvalue weighted by Crippen LogP contribution is -2.03. The molecule has 12 heavy (non-hydrogen) atoms. The van der Waals surface area contributed by atoms with Gasteiger partial charge in [-0.15, -0.1) is 0 Å². The van der Waals surface area contributed by atoms with Gasteiger partial charge in [-0.1, -0.05) is 30.3 Å². The Hall–Kier alpha value is -0.880. The Morgan fingerprint density at radius 3 is 2.42 bits per heavy atom. The smallest absolute Gasteiger partial charge is 0.309 e. The van der Waals surface area contributed by atoms with Gasteiger partial charge in [0, 0.05) is 0 Å². The van der Waals surface area contributed by atoms with Crippen LogP contribution in [0, 0.1) is 0 Å². The molecule has 1 rings (SSSR count). The number of hydrogen-bond acceptors (Lipinski definition) is 2. The molecule has 0 spiro atoms. The molecule has 0 amide bonds. The van der Waals surface area contributed by atoms with E-state index >= 15 is 0 Å². The summed E-state index contributed by atoms with van der Waals surface area (Å²) >= 11 is 0. The van der Waals surface area contributed by atoms with Crippen molar-refractivity contribution in [3.63, 3.8) is 0 Å². The summed E-state index contributed by atoms with van der Waals surface area (Å²) in [7, 11) is 1.39. The summed E-state index contributed by atoms with van der Waals surface area (Å²) < 4.78 is 4.52. The van der Waals surface area contributed by atoms with Gasteiger partial charge in [-0.25, -0.2) is 0 Å². The zero-order valence-corrected chi connectivity index (χ0v) is 8.53. The lowest BCUT2D eigenvalue weighted by molar-refractivity contribution is -0.139. The second-order valence-corrected chi connectivity index (χ2v) is 2.24. The number of esters is 1. The molecule has 0 aliphatic rings. The van der Waals surface area contributed by atoms with Crippen LogP contribution in [-0.4, -0.2) is 13.1 Å². The van der Waals surface area contributed by atoms with Crippen molar-refractivity contribution in [3.8, 4) is 0 Å². The summed E-state index contributed by atoms with van der Waals surface area (Å²) in [6, 6.07) is 9.52. The van der Waals surface area contributed by atoms with Crippen LogP contribution in [-0.2, 0) is 16.0 Å². The molecule has 0 radical (unpaired) electrons. The van der Waals surface area contributed by atoms with Crippen LogP contribution >= 0.6 is 9.90 Å². The number of methoxy groups -OCH3 is 1. The fraction of sp³-hybridized carbons (Fsp3) is 0.222. The van der Waals surface area contributed by atoms with E-state index in [1.54, 1.807) is 0 Å². The van der Waals surface area contributed by atoms with E-state index in [-0.39, 0.29) is 15.9 Å². The Labute approximate surface area is 75.6 Å². The van der Waals surface area contributed by atoms with Gasteiger partial charge < -0.3 is 4.74 Å². The predicted octanol–water partition coefficient (Wildman–Crippen LogP) is 1.46. The summed E-state index contributed by atoms with van der Waals surface area (Å²) in [6.45, 7) is 0. The van der Waals surface area contributed by atoms with Gasteiger partial charge in [-0.3, -0.25) is 4.79 Å². The van der Waals surface area contributed by atoms with Gasteiger partial charge in [-0.2, -0.15) is 9.90 Å². The third-order valence-electron chi connectivity index (χ3n) is 1.42. The van der Waals surface area contributed by atoms with Crippen LogP contribution in [0.3, 0.4) is 0 Å². The third-order valence-corrected chi connectivity index (χ3v) is 1.42. The average molecular weight is 184 g/mol. The van der Waals surface area contributed by atoms with Crippen LogP contribution in [0.5, 0.6) is 0 Å². The minimum absolute atomic E-state index is 0. The number of benzene rings is 1. The quantitative estimate of drug-likeness (QED) is 0.513. The zero-order chi connectivity index (χ0) is 8.10. The van der Waals surface area contributed by atoms with Crippen molar-refractivity contribution >= 4 is 15.9 Å². The highest BCUT2D eigenvalue weighted by atomic mass is 31.0. The Kier molecular flexibility index (Phi) is 5.31. The first-order valence-corrected chi connectivity index (χ1v) is 3.43. The normalized spacial score (nSPS) is 8.42. The molecule has 0 saturated carbocycles. The van der Waals surface area contributed by atoms with Crippen LogP contribution in [0.15, 0.2) is 30.3 Å². The standard InChI is InChI=1S/C9H10O2.H3P/c1-11-9(10)7-8-5-3-2-4-6-8;/h2-6H,7H2,1H3;1H3. The molecule has 0 aliphatic carbocycles. The molecule has 1 aromatic carbocycles. The summed E-state index contributed by atoms with van der Waals surface area (Å²) in [5.74, 6) is -0.198. The largest absolute Gasteiger partial charge is 0.469 e. The van der Waals surface area contributed by atoms with Crippen LogP contribution in [0.25, 0.3) is 0 Å². The molecule has 0 heterocycles. The second-order valence-electron chi connectivity index (χ2n) is 2.24. The van der Waals surface area contributed by atoms with Crippen molar-refractivity contribution in [2.24, 2.45) is 0 Å². The van der Waals surface area contributed by atoms with E-state index in [2.05, 4.69) is 4.74 Å². The van der Waals surface area contributed by atoms with Crippen LogP contribution in [0.1, 0.15) is 5.56 Å². The van der Waals surface area contributed by atoms with Gasteiger partial charge in [0.2, 0.25) is 0 Å². The van der Waals surface area contributed by atoms with Gasteiger partial charge in [0.15, 0.2) is 0 Å². The summed E-state index contributed by atoms with van der Waals surface area (Å²) in [4.78, 5) is 10.8. The van der Waals surface area contributed by atoms with Gasteiger partial charge in [0.1, 0.15) is 0 Å². The first kappa shape index (κ1) is 11.1. The van der Waals surface area contributed by atoms with Crippen LogP contribution in [0.4, 0.5) is 0 Å². The number of hydrogen-bond donors (Lipinski definition) is 0. The van der Waals surface area contributed by atoms with Crippen molar-refractivity contribution < 1.29 is 9.53 Å². The van der Waals surface area contributed by atoms with Crippen LogP contribution < -0.4 is 0 Å². The summed E-state index contributed by atoms with van der Waals surface area (Å²) in [6.07, 6.45) is 0.358. The molecule has 0 fully saturated rings. The molecule has 2 nitrogen and oxygen atoms in total. The number of ether oxygens (including phenoxy) is 1. The Bertz CT molecular complexity index is 234. The minimum atomic E-state index is -0.198. The molecule has 0 saturated heterocycles. The molecule has 1 unspecified atom stereocenters. The predicted molar refractivity (Wildman–Crippen MR) is 53.3 cm³/mol. The van der Waals surface area contributed by atoms with Gasteiger partial charge in [0.05, 0.1) is 13.5 Å². The second kappa shape index (κ2) is 5.73. The van der Waals surface area contributed by atoms with Crippen molar-refractivity contribution in [1.82, 2.24) is 0 Å². The number of carbonyl (C=O) groups excluding carboxylic acids is 1. The lowest BCUT2D eigenvalue weighted by Gasteiger charge is -1.97. The van der Waals surface area contributed by atoms with E-state index < -0.39 is 0 Å². The van der Waals surface area contributed by atoms with E-state index in [4.69, 9.17) is 0 Å². The minimum Gasteiger partial charge on any atom is -0.469 e. The SMILES string of the molecule is COC(=O)Cc1ccccc1.P. The highest BCUT2D eigenvalue weighted by Gasteiger charge is 1.99. The monoisotopic (exact) mass is 184 g/mol. The molecule has 1 atom stereocenters. The first-order valence-electron chi connectivity index (χ1n) is 3.43. The van der Waals surface area contributed by atoms with E-state index in [1.165, 1.54) is 7.11 Å². The summed E-state index contributed by atoms with van der Waals surface area (Å²) in [5.41, 5.74) is 0.986. The molecule has 0 aliphatic heterocycles. The zero-order valence-electron chi connectivity index (χ0n) is 7.12. The maximum absolute atomic E-state index is 10.8. The highest BCUT2D eigenvalue weighted by Crippen LogP contribution is 1.99. The molecule has 3 heteroatoms. The Balaban J connectivity index is 0.00000121. The van der Waals surface area contributed by atoms with E-state index in [0.717, 1.165) is 5.56 Å².